The highest BCUT2D eigenvalue weighted by molar-refractivity contribution is 7.18. The fourth-order valence-electron chi connectivity index (χ4n) is 3.73. The zero-order chi connectivity index (χ0) is 24.0. The van der Waals surface area contributed by atoms with E-state index in [-0.39, 0.29) is 6.54 Å². The Balaban J connectivity index is 1.48. The lowest BCUT2D eigenvalue weighted by Gasteiger charge is -2.12. The van der Waals surface area contributed by atoms with Crippen LogP contribution in [0.1, 0.15) is 11.1 Å². The summed E-state index contributed by atoms with van der Waals surface area (Å²) in [5.74, 6) is 0.0145. The first-order chi connectivity index (χ1) is 16.4. The van der Waals surface area contributed by atoms with Gasteiger partial charge in [-0.15, -0.1) is 16.4 Å². The van der Waals surface area contributed by atoms with Gasteiger partial charge in [0.05, 0.1) is 23.0 Å². The third-order valence-corrected chi connectivity index (χ3v) is 6.92. The van der Waals surface area contributed by atoms with E-state index >= 15 is 0 Å². The van der Waals surface area contributed by atoms with E-state index in [9.17, 15) is 9.59 Å². The van der Waals surface area contributed by atoms with E-state index in [4.69, 9.17) is 16.3 Å². The molecule has 0 fully saturated rings. The van der Waals surface area contributed by atoms with Crippen LogP contribution in [0.5, 0.6) is 5.75 Å². The number of halogens is 1. The van der Waals surface area contributed by atoms with E-state index in [0.717, 1.165) is 31.6 Å². The number of hydrogen-bond donors (Lipinski definition) is 1. The van der Waals surface area contributed by atoms with E-state index in [1.807, 2.05) is 43.5 Å². The van der Waals surface area contributed by atoms with E-state index in [1.165, 1.54) is 34.7 Å². The second-order valence-electron chi connectivity index (χ2n) is 7.92. The van der Waals surface area contributed by atoms with Gasteiger partial charge in [0.1, 0.15) is 18.6 Å². The fraction of sp³-hybridized carbons (Fsp3) is 0.167. The number of aromatic nitrogens is 4. The van der Waals surface area contributed by atoms with Gasteiger partial charge >= 0.3 is 5.69 Å². The number of fused-ring (bicyclic) bond motifs is 3. The second-order valence-corrected chi connectivity index (χ2v) is 9.21. The molecule has 1 amide bonds. The highest BCUT2D eigenvalue weighted by Gasteiger charge is 2.18. The number of rotatable bonds is 5. The van der Waals surface area contributed by atoms with E-state index in [1.54, 1.807) is 12.1 Å². The van der Waals surface area contributed by atoms with Crippen LogP contribution in [-0.4, -0.2) is 32.2 Å². The van der Waals surface area contributed by atoms with Gasteiger partial charge in [-0.3, -0.25) is 4.79 Å². The maximum absolute atomic E-state index is 12.9. The quantitative estimate of drug-likeness (QED) is 0.383. The van der Waals surface area contributed by atoms with Crippen LogP contribution >= 0.6 is 22.9 Å². The second kappa shape index (κ2) is 8.58. The van der Waals surface area contributed by atoms with Gasteiger partial charge in [-0.05, 0) is 31.0 Å². The standard InChI is InChI=1S/C24H20ClN5O3S/c1-13-4-6-15(7-5-13)16-11-34-22-21(16)26-12-29-23(22)28-30(24(29)32)10-20(31)27-18-8-14(2)17(25)9-19(18)33-3/h4-9,11-12H,10H2,1-3H3,(H,27,31). The summed E-state index contributed by atoms with van der Waals surface area (Å²) in [5, 5.41) is 9.75. The number of amides is 1. The van der Waals surface area contributed by atoms with Gasteiger partial charge in [0.25, 0.3) is 0 Å². The number of carbonyl (C=O) groups excluding carboxylic acids is 1. The van der Waals surface area contributed by atoms with Gasteiger partial charge in [0, 0.05) is 22.0 Å². The molecule has 2 aromatic carbocycles. The average molecular weight is 494 g/mol. The molecule has 172 valence electrons. The molecule has 8 nitrogen and oxygen atoms in total. The van der Waals surface area contributed by atoms with Crippen LogP contribution in [0.25, 0.3) is 27.0 Å². The number of nitrogens with zero attached hydrogens (tertiary/aromatic N) is 4. The predicted octanol–water partition coefficient (Wildman–Crippen LogP) is 4.69. The van der Waals surface area contributed by atoms with Crippen molar-refractivity contribution in [3.05, 3.63) is 74.7 Å². The number of ether oxygens (including phenoxy) is 1. The third kappa shape index (κ3) is 3.82. The molecule has 5 aromatic rings. The first-order valence-electron chi connectivity index (χ1n) is 10.4. The molecule has 1 N–H and O–H groups in total. The molecule has 0 aliphatic carbocycles. The first kappa shape index (κ1) is 22.1. The maximum atomic E-state index is 12.9. The Hall–Kier alpha value is -3.69. The van der Waals surface area contributed by atoms with Crippen molar-refractivity contribution >= 4 is 50.4 Å². The summed E-state index contributed by atoms with van der Waals surface area (Å²) < 4.78 is 8.58. The van der Waals surface area contributed by atoms with E-state index < -0.39 is 11.6 Å². The van der Waals surface area contributed by atoms with Crippen molar-refractivity contribution < 1.29 is 9.53 Å². The minimum absolute atomic E-state index is 0.261. The number of aryl methyl sites for hydroxylation is 2. The van der Waals surface area contributed by atoms with Crippen LogP contribution < -0.4 is 15.7 Å². The van der Waals surface area contributed by atoms with Crippen LogP contribution in [0.15, 0.2) is 52.9 Å². The number of methoxy groups -OCH3 is 1. The van der Waals surface area contributed by atoms with Gasteiger partial charge < -0.3 is 10.1 Å². The predicted molar refractivity (Wildman–Crippen MR) is 134 cm³/mol. The lowest BCUT2D eigenvalue weighted by Crippen LogP contribution is -2.28. The van der Waals surface area contributed by atoms with Crippen molar-refractivity contribution in [3.63, 3.8) is 0 Å². The van der Waals surface area contributed by atoms with Crippen LogP contribution in [-0.2, 0) is 11.3 Å². The Kier molecular flexibility index (Phi) is 5.59. The molecule has 0 atom stereocenters. The van der Waals surface area contributed by atoms with Gasteiger partial charge in [0.15, 0.2) is 5.65 Å². The summed E-state index contributed by atoms with van der Waals surface area (Å²) in [7, 11) is 1.49. The SMILES string of the molecule is COc1cc(Cl)c(C)cc1NC(=O)Cn1nc2c3scc(-c4ccc(C)cc4)c3ncn2c1=O. The number of anilines is 1. The molecule has 10 heteroatoms. The number of thiophene rings is 1. The van der Waals surface area contributed by atoms with Crippen LogP contribution in [0.2, 0.25) is 5.02 Å². The fourth-order valence-corrected chi connectivity index (χ4v) is 4.89. The van der Waals surface area contributed by atoms with E-state index in [0.29, 0.717) is 22.1 Å². The molecule has 0 bridgehead atoms. The Morgan fingerprint density at radius 1 is 1.21 bits per heavy atom. The molecule has 5 rings (SSSR count). The average Bonchev–Trinajstić information content (AvgIpc) is 3.38. The molecule has 34 heavy (non-hydrogen) atoms. The largest absolute Gasteiger partial charge is 0.495 e. The number of hydrogen-bond acceptors (Lipinski definition) is 6. The van der Waals surface area contributed by atoms with Crippen molar-refractivity contribution in [2.75, 3.05) is 12.4 Å². The molecule has 3 aromatic heterocycles. The monoisotopic (exact) mass is 493 g/mol. The normalized spacial score (nSPS) is 11.3. The summed E-state index contributed by atoms with van der Waals surface area (Å²) in [5.41, 5.74) is 5.25. The number of carbonyl (C=O) groups is 1. The summed E-state index contributed by atoms with van der Waals surface area (Å²) in [6.07, 6.45) is 1.46. The van der Waals surface area contributed by atoms with Gasteiger partial charge in [-0.2, -0.15) is 0 Å². The number of benzene rings is 2. The Bertz CT molecular complexity index is 1620. The minimum Gasteiger partial charge on any atom is -0.495 e. The zero-order valence-electron chi connectivity index (χ0n) is 18.6. The molecular formula is C24H20ClN5O3S. The van der Waals surface area contributed by atoms with Gasteiger partial charge in [-0.25, -0.2) is 18.9 Å². The van der Waals surface area contributed by atoms with Crippen LogP contribution in [0.3, 0.4) is 0 Å². The van der Waals surface area contributed by atoms with Gasteiger partial charge in [0.2, 0.25) is 5.91 Å². The van der Waals surface area contributed by atoms with E-state index in [2.05, 4.69) is 15.4 Å². The highest BCUT2D eigenvalue weighted by atomic mass is 35.5. The Morgan fingerprint density at radius 2 is 1.97 bits per heavy atom. The molecule has 3 heterocycles. The molecular weight excluding hydrogens is 474 g/mol. The van der Waals surface area contributed by atoms with Crippen molar-refractivity contribution in [2.45, 2.75) is 20.4 Å². The molecule has 0 radical (unpaired) electrons. The summed E-state index contributed by atoms with van der Waals surface area (Å²) in [6, 6.07) is 11.5. The molecule has 0 saturated carbocycles. The molecule has 0 unspecified atom stereocenters. The van der Waals surface area contributed by atoms with Crippen molar-refractivity contribution in [1.82, 2.24) is 19.2 Å². The molecule has 0 aliphatic heterocycles. The van der Waals surface area contributed by atoms with Crippen LogP contribution in [0, 0.1) is 13.8 Å². The van der Waals surface area contributed by atoms with Crippen molar-refractivity contribution in [2.24, 2.45) is 0 Å². The van der Waals surface area contributed by atoms with Gasteiger partial charge in [-0.1, -0.05) is 41.4 Å². The van der Waals surface area contributed by atoms with Crippen molar-refractivity contribution in [3.8, 4) is 16.9 Å². The lowest BCUT2D eigenvalue weighted by atomic mass is 10.1. The maximum Gasteiger partial charge on any atom is 0.352 e. The topological polar surface area (TPSA) is 90.5 Å². The Labute approximate surface area is 203 Å². The molecule has 0 spiro atoms. The number of nitrogens with one attached hydrogen (secondary N) is 1. The molecule has 0 aliphatic rings. The summed E-state index contributed by atoms with van der Waals surface area (Å²) in [6.45, 7) is 3.61. The van der Waals surface area contributed by atoms with Crippen LogP contribution in [0.4, 0.5) is 5.69 Å². The third-order valence-electron chi connectivity index (χ3n) is 5.55. The molecule has 0 saturated heterocycles. The Morgan fingerprint density at radius 3 is 2.71 bits per heavy atom. The zero-order valence-corrected chi connectivity index (χ0v) is 20.2. The minimum atomic E-state index is -0.441. The summed E-state index contributed by atoms with van der Waals surface area (Å²) >= 11 is 7.60. The lowest BCUT2D eigenvalue weighted by molar-refractivity contribution is -0.117. The van der Waals surface area contributed by atoms with Crippen molar-refractivity contribution in [1.29, 1.82) is 0 Å². The smallest absolute Gasteiger partial charge is 0.352 e. The highest BCUT2D eigenvalue weighted by Crippen LogP contribution is 2.34. The summed E-state index contributed by atoms with van der Waals surface area (Å²) in [4.78, 5) is 30.2. The first-order valence-corrected chi connectivity index (χ1v) is 11.7.